The van der Waals surface area contributed by atoms with E-state index in [0.717, 1.165) is 29.1 Å². The summed E-state index contributed by atoms with van der Waals surface area (Å²) in [5.41, 5.74) is 6.11. The highest BCUT2D eigenvalue weighted by Crippen LogP contribution is 2.35. The number of hydrogen-bond donors (Lipinski definition) is 1. The molecule has 1 N–H and O–H groups in total. The van der Waals surface area contributed by atoms with Crippen molar-refractivity contribution in [3.8, 4) is 5.69 Å². The molecule has 1 saturated heterocycles. The fraction of sp³-hybridized carbons (Fsp3) is 0.167. The van der Waals surface area contributed by atoms with Gasteiger partial charge in [-0.15, -0.1) is 0 Å². The molecule has 1 aliphatic rings. The molecular weight excluding hydrogens is 449 g/mol. The van der Waals surface area contributed by atoms with Crippen LogP contribution in [0.2, 0.25) is 10.0 Å². The second-order valence-corrected chi connectivity index (χ2v) is 9.05. The van der Waals surface area contributed by atoms with Gasteiger partial charge in [0.05, 0.1) is 20.6 Å². The number of nitrogens with zero attached hydrogens (tertiary/aromatic N) is 2. The van der Waals surface area contributed by atoms with E-state index in [1.165, 1.54) is 17.3 Å². The molecule has 0 spiro atoms. The van der Waals surface area contributed by atoms with E-state index in [9.17, 15) is 4.79 Å². The minimum Gasteiger partial charge on any atom is -0.318 e. The monoisotopic (exact) mass is 469 g/mol. The molecule has 1 aromatic heterocycles. The maximum absolute atomic E-state index is 12.5. The number of aryl methyl sites for hydroxylation is 2. The van der Waals surface area contributed by atoms with E-state index in [4.69, 9.17) is 23.2 Å². The zero-order chi connectivity index (χ0) is 22.1. The van der Waals surface area contributed by atoms with Gasteiger partial charge in [-0.2, -0.15) is 0 Å². The summed E-state index contributed by atoms with van der Waals surface area (Å²) in [7, 11) is 0. The van der Waals surface area contributed by atoms with Gasteiger partial charge >= 0.3 is 0 Å². The van der Waals surface area contributed by atoms with Crippen LogP contribution in [-0.4, -0.2) is 15.6 Å². The topological polar surface area (TPSA) is 46.4 Å². The van der Waals surface area contributed by atoms with Crippen molar-refractivity contribution in [2.75, 3.05) is 0 Å². The Kier molecular flexibility index (Phi) is 6.28. The number of hydrogen-bond acceptors (Lipinski definition) is 3. The van der Waals surface area contributed by atoms with E-state index >= 15 is 0 Å². The fourth-order valence-electron chi connectivity index (χ4n) is 3.52. The molecule has 0 saturated carbocycles. The van der Waals surface area contributed by atoms with Crippen LogP contribution >= 0.6 is 35.0 Å². The smallest absolute Gasteiger partial charge is 0.264 e. The number of aliphatic imine (C=N–C) groups is 1. The molecule has 0 radical (unpaired) electrons. The van der Waals surface area contributed by atoms with Crippen molar-refractivity contribution < 1.29 is 4.79 Å². The van der Waals surface area contributed by atoms with Gasteiger partial charge in [0.2, 0.25) is 0 Å². The molecule has 1 aliphatic heterocycles. The van der Waals surface area contributed by atoms with Crippen LogP contribution < -0.4 is 5.32 Å². The maximum Gasteiger partial charge on any atom is 0.264 e. The molecular formula is C24H21Cl2N3OS. The van der Waals surface area contributed by atoms with Gasteiger partial charge in [0.25, 0.3) is 5.91 Å². The van der Waals surface area contributed by atoms with Crippen molar-refractivity contribution in [3.63, 3.8) is 0 Å². The lowest BCUT2D eigenvalue weighted by Crippen LogP contribution is -2.19. The lowest BCUT2D eigenvalue weighted by molar-refractivity contribution is -0.115. The molecule has 1 amide bonds. The molecule has 7 heteroatoms. The minimum atomic E-state index is -0.181. The van der Waals surface area contributed by atoms with Crippen molar-refractivity contribution in [1.29, 1.82) is 0 Å². The fourth-order valence-corrected chi connectivity index (χ4v) is 4.69. The number of benzene rings is 2. The van der Waals surface area contributed by atoms with Crippen molar-refractivity contribution in [2.45, 2.75) is 27.2 Å². The Morgan fingerprint density at radius 2 is 1.87 bits per heavy atom. The number of nitrogens with one attached hydrogen (secondary N) is 1. The van der Waals surface area contributed by atoms with Crippen molar-refractivity contribution in [1.82, 2.24) is 9.88 Å². The Hall–Kier alpha value is -2.47. The molecule has 0 bridgehead atoms. The van der Waals surface area contributed by atoms with Crippen molar-refractivity contribution >= 4 is 57.8 Å². The average molecular weight is 470 g/mol. The molecule has 1 fully saturated rings. The van der Waals surface area contributed by atoms with Crippen LogP contribution in [-0.2, 0) is 11.2 Å². The first kappa shape index (κ1) is 21.8. The normalized spacial score (nSPS) is 16.4. The lowest BCUT2D eigenvalue weighted by atomic mass is 10.1. The molecule has 2 aromatic carbocycles. The third kappa shape index (κ3) is 4.45. The summed E-state index contributed by atoms with van der Waals surface area (Å²) in [5.74, 6) is -0.181. The van der Waals surface area contributed by atoms with Gasteiger partial charge in [0, 0.05) is 17.1 Å². The molecule has 0 aliphatic carbocycles. The van der Waals surface area contributed by atoms with Crippen LogP contribution in [0.1, 0.15) is 29.4 Å². The lowest BCUT2D eigenvalue weighted by Gasteiger charge is -2.10. The van der Waals surface area contributed by atoms with Crippen LogP contribution in [0, 0.1) is 13.8 Å². The van der Waals surface area contributed by atoms with E-state index in [2.05, 4.69) is 66.0 Å². The number of rotatable bonds is 4. The number of amidine groups is 1. The summed E-state index contributed by atoms with van der Waals surface area (Å²) < 4.78 is 2.20. The average Bonchev–Trinajstić information content (AvgIpc) is 3.24. The highest BCUT2D eigenvalue weighted by atomic mass is 35.5. The van der Waals surface area contributed by atoms with Gasteiger partial charge in [-0.1, -0.05) is 48.3 Å². The van der Waals surface area contributed by atoms with Gasteiger partial charge < -0.3 is 9.88 Å². The maximum atomic E-state index is 12.5. The SMILES string of the molecule is CCc1ccc(-n2c(C)cc(/C=C3\SC(=Nc4cccc(Cl)c4Cl)NC3=O)c2C)cc1. The van der Waals surface area contributed by atoms with Crippen LogP contribution in [0.4, 0.5) is 5.69 Å². The Morgan fingerprint density at radius 3 is 2.58 bits per heavy atom. The molecule has 158 valence electrons. The third-order valence-electron chi connectivity index (χ3n) is 5.16. The van der Waals surface area contributed by atoms with E-state index < -0.39 is 0 Å². The quantitative estimate of drug-likeness (QED) is 0.424. The summed E-state index contributed by atoms with van der Waals surface area (Å²) in [4.78, 5) is 17.6. The molecule has 3 aromatic rings. The molecule has 4 rings (SSSR count). The standard InChI is InChI=1S/C24H21Cl2N3OS/c1-4-16-8-10-18(11-9-16)29-14(2)12-17(15(29)3)13-21-23(30)28-24(31-21)27-20-7-5-6-19(25)22(20)26/h5-13H,4H2,1-3H3,(H,27,28,30)/b21-13-. The van der Waals surface area contributed by atoms with E-state index in [1.807, 2.05) is 6.08 Å². The van der Waals surface area contributed by atoms with Crippen LogP contribution in [0.3, 0.4) is 0 Å². The molecule has 2 heterocycles. The number of halogens is 2. The third-order valence-corrected chi connectivity index (χ3v) is 6.88. The Balaban J connectivity index is 1.64. The summed E-state index contributed by atoms with van der Waals surface area (Å²) in [6.45, 7) is 6.28. The second kappa shape index (κ2) is 8.95. The minimum absolute atomic E-state index is 0.181. The van der Waals surface area contributed by atoms with Gasteiger partial charge in [-0.05, 0) is 79.6 Å². The van der Waals surface area contributed by atoms with Crippen molar-refractivity contribution in [3.05, 3.63) is 86.0 Å². The highest BCUT2D eigenvalue weighted by molar-refractivity contribution is 8.18. The van der Waals surface area contributed by atoms with Gasteiger partial charge in [0.15, 0.2) is 5.17 Å². The van der Waals surface area contributed by atoms with Gasteiger partial charge in [-0.25, -0.2) is 4.99 Å². The molecule has 0 atom stereocenters. The molecule has 0 unspecified atom stereocenters. The first-order valence-electron chi connectivity index (χ1n) is 9.89. The number of aromatic nitrogens is 1. The first-order chi connectivity index (χ1) is 14.9. The zero-order valence-electron chi connectivity index (χ0n) is 17.4. The van der Waals surface area contributed by atoms with Crippen molar-refractivity contribution in [2.24, 2.45) is 4.99 Å². The van der Waals surface area contributed by atoms with E-state index in [-0.39, 0.29) is 5.91 Å². The van der Waals surface area contributed by atoms with E-state index in [1.54, 1.807) is 18.2 Å². The van der Waals surface area contributed by atoms with Gasteiger partial charge in [0.1, 0.15) is 0 Å². The summed E-state index contributed by atoms with van der Waals surface area (Å²) in [6.07, 6.45) is 2.92. The van der Waals surface area contributed by atoms with Crippen LogP contribution in [0.5, 0.6) is 0 Å². The zero-order valence-corrected chi connectivity index (χ0v) is 19.7. The summed E-state index contributed by atoms with van der Waals surface area (Å²) in [6, 6.07) is 15.9. The van der Waals surface area contributed by atoms with Crippen LogP contribution in [0.25, 0.3) is 11.8 Å². The molecule has 4 nitrogen and oxygen atoms in total. The number of carbonyl (C=O) groups is 1. The Bertz CT molecular complexity index is 1230. The number of amides is 1. The molecule has 31 heavy (non-hydrogen) atoms. The largest absolute Gasteiger partial charge is 0.318 e. The highest BCUT2D eigenvalue weighted by Gasteiger charge is 2.25. The van der Waals surface area contributed by atoms with E-state index in [0.29, 0.717) is 25.8 Å². The Labute approximate surface area is 196 Å². The van der Waals surface area contributed by atoms with Crippen LogP contribution in [0.15, 0.2) is 58.4 Å². The summed E-state index contributed by atoms with van der Waals surface area (Å²) >= 11 is 13.6. The second-order valence-electron chi connectivity index (χ2n) is 7.24. The predicted octanol–water partition coefficient (Wildman–Crippen LogP) is 6.85. The number of thioether (sulfide) groups is 1. The Morgan fingerprint density at radius 1 is 1.13 bits per heavy atom. The van der Waals surface area contributed by atoms with Gasteiger partial charge in [-0.3, -0.25) is 4.79 Å². The summed E-state index contributed by atoms with van der Waals surface area (Å²) in [5, 5.41) is 4.06. The first-order valence-corrected chi connectivity index (χ1v) is 11.5. The predicted molar refractivity (Wildman–Crippen MR) is 132 cm³/mol. The number of carbonyl (C=O) groups excluding carboxylic acids is 1.